The monoisotopic (exact) mass is 212 g/mol. The summed E-state index contributed by atoms with van der Waals surface area (Å²) in [5, 5.41) is 0. The van der Waals surface area contributed by atoms with Crippen molar-refractivity contribution in [3.8, 4) is 0 Å². The molecule has 0 bridgehead atoms. The second-order valence-corrected chi connectivity index (χ2v) is 2.75. The van der Waals surface area contributed by atoms with Crippen LogP contribution in [-0.4, -0.2) is 12.1 Å². The molecule has 1 heterocycles. The first-order valence-electron chi connectivity index (χ1n) is 3.71. The molecule has 6 heteroatoms. The maximum atomic E-state index is 12.5. The van der Waals surface area contributed by atoms with Crippen LogP contribution in [0.5, 0.6) is 0 Å². The summed E-state index contributed by atoms with van der Waals surface area (Å²) in [6, 6.07) is 4.29. The van der Waals surface area contributed by atoms with Crippen molar-refractivity contribution in [1.82, 2.24) is 0 Å². The van der Waals surface area contributed by atoms with Gasteiger partial charge in [0, 0.05) is 12.1 Å². The van der Waals surface area contributed by atoms with Crippen LogP contribution in [0.2, 0.25) is 0 Å². The largest absolute Gasteiger partial charge is 0.460 e. The number of pyridine rings is 1. The molecule has 1 aromatic rings. The second-order valence-electron chi connectivity index (χ2n) is 2.75. The normalized spacial score (nSPS) is 12.9. The Kier molecular flexibility index (Phi) is 2.73. The molecule has 0 aliphatic rings. The standard InChI is InChI=1S/C8H7F5N/c9-7(10,8(11,12)13)6-14-4-2-1-3-5-14/h1-5H,6H2/q+1. The topological polar surface area (TPSA) is 3.88 Å². The maximum Gasteiger partial charge on any atom is 0.460 e. The molecule has 0 amide bonds. The van der Waals surface area contributed by atoms with Crippen molar-refractivity contribution in [3.63, 3.8) is 0 Å². The predicted octanol–water partition coefficient (Wildman–Crippen LogP) is 2.17. The van der Waals surface area contributed by atoms with Crippen LogP contribution < -0.4 is 4.57 Å². The molecule has 0 aliphatic carbocycles. The van der Waals surface area contributed by atoms with Crippen LogP contribution >= 0.6 is 0 Å². The van der Waals surface area contributed by atoms with E-state index in [0.717, 1.165) is 17.0 Å². The van der Waals surface area contributed by atoms with E-state index in [1.54, 1.807) is 0 Å². The molecular formula is C8H7F5N+. The van der Waals surface area contributed by atoms with E-state index in [1.807, 2.05) is 0 Å². The van der Waals surface area contributed by atoms with Gasteiger partial charge < -0.3 is 0 Å². The summed E-state index contributed by atoms with van der Waals surface area (Å²) in [7, 11) is 0. The van der Waals surface area contributed by atoms with Gasteiger partial charge in [-0.05, 0) is 0 Å². The third-order valence-corrected chi connectivity index (χ3v) is 1.57. The minimum absolute atomic E-state index is 0.785. The van der Waals surface area contributed by atoms with E-state index in [1.165, 1.54) is 18.2 Å². The number of rotatable bonds is 2. The molecule has 14 heavy (non-hydrogen) atoms. The lowest BCUT2D eigenvalue weighted by molar-refractivity contribution is -0.719. The van der Waals surface area contributed by atoms with Gasteiger partial charge in [-0.15, -0.1) is 0 Å². The molecule has 0 saturated heterocycles. The van der Waals surface area contributed by atoms with E-state index in [2.05, 4.69) is 0 Å². The van der Waals surface area contributed by atoms with E-state index < -0.39 is 18.6 Å². The third-order valence-electron chi connectivity index (χ3n) is 1.57. The van der Waals surface area contributed by atoms with E-state index in [-0.39, 0.29) is 0 Å². The van der Waals surface area contributed by atoms with Crippen LogP contribution in [0.15, 0.2) is 30.6 Å². The third kappa shape index (κ3) is 2.40. The Morgan fingerprint density at radius 1 is 0.857 bits per heavy atom. The van der Waals surface area contributed by atoms with Crippen molar-refractivity contribution in [2.75, 3.05) is 0 Å². The highest BCUT2D eigenvalue weighted by Crippen LogP contribution is 2.35. The molecule has 1 aromatic heterocycles. The first-order valence-corrected chi connectivity index (χ1v) is 3.71. The van der Waals surface area contributed by atoms with Crippen LogP contribution in [-0.2, 0) is 6.54 Å². The van der Waals surface area contributed by atoms with Crippen molar-refractivity contribution in [2.24, 2.45) is 0 Å². The van der Waals surface area contributed by atoms with Gasteiger partial charge in [0.15, 0.2) is 12.4 Å². The van der Waals surface area contributed by atoms with Gasteiger partial charge in [0.1, 0.15) is 0 Å². The predicted molar refractivity (Wildman–Crippen MR) is 37.6 cm³/mol. The summed E-state index contributed by atoms with van der Waals surface area (Å²) in [4.78, 5) is 0. The molecule has 78 valence electrons. The lowest BCUT2D eigenvalue weighted by atomic mass is 10.3. The first kappa shape index (κ1) is 10.9. The van der Waals surface area contributed by atoms with Crippen LogP contribution in [0.1, 0.15) is 0 Å². The zero-order chi connectivity index (χ0) is 10.8. The van der Waals surface area contributed by atoms with Crippen LogP contribution in [0.3, 0.4) is 0 Å². The molecular weight excluding hydrogens is 205 g/mol. The van der Waals surface area contributed by atoms with Gasteiger partial charge in [-0.1, -0.05) is 6.07 Å². The quantitative estimate of drug-likeness (QED) is 0.522. The highest BCUT2D eigenvalue weighted by atomic mass is 19.4. The zero-order valence-corrected chi connectivity index (χ0v) is 6.93. The fourth-order valence-electron chi connectivity index (χ4n) is 0.859. The number of alkyl halides is 5. The van der Waals surface area contributed by atoms with Crippen LogP contribution in [0, 0.1) is 0 Å². The highest BCUT2D eigenvalue weighted by Gasteiger charge is 2.60. The Hall–Kier alpha value is -1.20. The number of hydrogen-bond acceptors (Lipinski definition) is 0. The van der Waals surface area contributed by atoms with Gasteiger partial charge in [-0.3, -0.25) is 0 Å². The van der Waals surface area contributed by atoms with E-state index in [4.69, 9.17) is 0 Å². The van der Waals surface area contributed by atoms with Gasteiger partial charge in [0.05, 0.1) is 0 Å². The number of hydrogen-bond donors (Lipinski definition) is 0. The molecule has 0 unspecified atom stereocenters. The van der Waals surface area contributed by atoms with Gasteiger partial charge in [-0.25, -0.2) is 0 Å². The minimum Gasteiger partial charge on any atom is -0.198 e. The molecule has 0 atom stereocenters. The Bertz CT molecular complexity index is 292. The van der Waals surface area contributed by atoms with Crippen molar-refractivity contribution < 1.29 is 26.5 Å². The first-order chi connectivity index (χ1) is 6.33. The Labute approximate surface area is 76.8 Å². The summed E-state index contributed by atoms with van der Waals surface area (Å²) in [5.41, 5.74) is 0. The fraction of sp³-hybridized carbons (Fsp3) is 0.375. The summed E-state index contributed by atoms with van der Waals surface area (Å²) in [6.07, 6.45) is -3.20. The van der Waals surface area contributed by atoms with Crippen molar-refractivity contribution >= 4 is 0 Å². The van der Waals surface area contributed by atoms with Gasteiger partial charge in [-0.2, -0.15) is 26.5 Å². The molecule has 0 aromatic carbocycles. The van der Waals surface area contributed by atoms with Crippen molar-refractivity contribution in [3.05, 3.63) is 30.6 Å². The SMILES string of the molecule is FC(F)(F)C(F)(F)C[n+]1ccccc1. The maximum absolute atomic E-state index is 12.5. The summed E-state index contributed by atoms with van der Waals surface area (Å²) in [6.45, 7) is -1.39. The average molecular weight is 212 g/mol. The van der Waals surface area contributed by atoms with Gasteiger partial charge >= 0.3 is 12.1 Å². The number of nitrogens with zero attached hydrogens (tertiary/aromatic N) is 1. The van der Waals surface area contributed by atoms with Crippen molar-refractivity contribution in [1.29, 1.82) is 0 Å². The van der Waals surface area contributed by atoms with E-state index >= 15 is 0 Å². The summed E-state index contributed by atoms with van der Waals surface area (Å²) in [5.74, 6) is -4.70. The number of halogens is 5. The highest BCUT2D eigenvalue weighted by molar-refractivity contribution is 4.84. The second kappa shape index (κ2) is 3.51. The van der Waals surface area contributed by atoms with Gasteiger partial charge in [0.2, 0.25) is 6.54 Å². The Morgan fingerprint density at radius 2 is 1.36 bits per heavy atom. The summed E-state index contributed by atoms with van der Waals surface area (Å²) >= 11 is 0. The molecule has 1 rings (SSSR count). The van der Waals surface area contributed by atoms with E-state index in [0.29, 0.717) is 0 Å². The molecule has 0 aliphatic heterocycles. The number of aromatic nitrogens is 1. The Balaban J connectivity index is 2.79. The lowest BCUT2D eigenvalue weighted by Gasteiger charge is -2.15. The lowest BCUT2D eigenvalue weighted by Crippen LogP contribution is -2.50. The average Bonchev–Trinajstić information content (AvgIpc) is 2.03. The zero-order valence-electron chi connectivity index (χ0n) is 6.93. The summed E-state index contributed by atoms with van der Waals surface area (Å²) < 4.78 is 61.0. The fourth-order valence-corrected chi connectivity index (χ4v) is 0.859. The molecule has 0 radical (unpaired) electrons. The Morgan fingerprint density at radius 3 is 1.79 bits per heavy atom. The minimum atomic E-state index is -5.50. The molecule has 0 saturated carbocycles. The van der Waals surface area contributed by atoms with E-state index in [9.17, 15) is 22.0 Å². The molecule has 0 N–H and O–H groups in total. The smallest absolute Gasteiger partial charge is 0.198 e. The molecule has 0 spiro atoms. The van der Waals surface area contributed by atoms with Crippen molar-refractivity contribution in [2.45, 2.75) is 18.6 Å². The van der Waals surface area contributed by atoms with Crippen LogP contribution in [0.4, 0.5) is 22.0 Å². The van der Waals surface area contributed by atoms with Crippen LogP contribution in [0.25, 0.3) is 0 Å². The van der Waals surface area contributed by atoms with Gasteiger partial charge in [0.25, 0.3) is 0 Å². The molecule has 1 nitrogen and oxygen atoms in total. The molecule has 0 fully saturated rings.